The van der Waals surface area contributed by atoms with E-state index < -0.39 is 52.1 Å². The van der Waals surface area contributed by atoms with E-state index in [4.69, 9.17) is 17.3 Å². The summed E-state index contributed by atoms with van der Waals surface area (Å²) in [7, 11) is 3.09. The number of hydrogen-bond donors (Lipinski definition) is 5. The lowest BCUT2D eigenvalue weighted by molar-refractivity contribution is -0.140. The molecule has 1 amide bonds. The Morgan fingerprint density at radius 2 is 1.84 bits per heavy atom. The van der Waals surface area contributed by atoms with Gasteiger partial charge >= 0.3 is 0 Å². The van der Waals surface area contributed by atoms with Gasteiger partial charge in [-0.2, -0.15) is 0 Å². The average molecular weight is 447 g/mol. The number of ketones is 2. The Kier molecular flexibility index (Phi) is 4.55. The average Bonchev–Trinajstić information content (AvgIpc) is 2.67. The summed E-state index contributed by atoms with van der Waals surface area (Å²) in [5.74, 6) is -6.56. The van der Waals surface area contributed by atoms with Gasteiger partial charge in [0.05, 0.1) is 17.0 Å². The zero-order valence-corrected chi connectivity index (χ0v) is 17.3. The first-order valence-corrected chi connectivity index (χ1v) is 9.68. The third-order valence-electron chi connectivity index (χ3n) is 6.13. The van der Waals surface area contributed by atoms with E-state index in [1.165, 1.54) is 23.1 Å². The van der Waals surface area contributed by atoms with E-state index in [9.17, 15) is 34.8 Å². The number of fused-ring (bicyclic) bond motifs is 3. The number of hydrogen-bond acceptors (Lipinski definition) is 8. The molecule has 0 saturated carbocycles. The quantitative estimate of drug-likeness (QED) is 0.334. The predicted octanol–water partition coefficient (Wildman–Crippen LogP) is 0.801. The Morgan fingerprint density at radius 1 is 1.19 bits per heavy atom. The fourth-order valence-electron chi connectivity index (χ4n) is 4.75. The van der Waals surface area contributed by atoms with Crippen molar-refractivity contribution in [2.24, 2.45) is 11.7 Å². The summed E-state index contributed by atoms with van der Waals surface area (Å²) >= 11 is 6.21. The number of aromatic hydroxyl groups is 2. The molecule has 4 rings (SSSR count). The van der Waals surface area contributed by atoms with Gasteiger partial charge in [0.25, 0.3) is 5.91 Å². The maximum absolute atomic E-state index is 13.5. The summed E-state index contributed by atoms with van der Waals surface area (Å²) in [6.07, 6.45) is -0.113. The normalized spacial score (nSPS) is 25.7. The predicted molar refractivity (Wildman–Crippen MR) is 110 cm³/mol. The van der Waals surface area contributed by atoms with Gasteiger partial charge in [-0.25, -0.2) is 0 Å². The molecule has 0 unspecified atom stereocenters. The highest BCUT2D eigenvalue weighted by molar-refractivity contribution is 6.37. The van der Waals surface area contributed by atoms with Gasteiger partial charge in [0.15, 0.2) is 5.60 Å². The summed E-state index contributed by atoms with van der Waals surface area (Å²) in [6.45, 7) is 0. The number of phenolic OH excluding ortho intramolecular Hbond substituents is 2. The Morgan fingerprint density at radius 3 is 2.42 bits per heavy atom. The smallest absolute Gasteiger partial charge is 0.255 e. The highest BCUT2D eigenvalue weighted by Gasteiger charge is 2.63. The Balaban J connectivity index is 2.06. The largest absolute Gasteiger partial charge is 0.510 e. The topological polar surface area (TPSA) is 161 Å². The molecule has 2 aromatic rings. The molecule has 0 aliphatic heterocycles. The van der Waals surface area contributed by atoms with Crippen LogP contribution >= 0.6 is 11.6 Å². The summed E-state index contributed by atoms with van der Waals surface area (Å²) < 4.78 is 0. The molecule has 0 radical (unpaired) electrons. The minimum absolute atomic E-state index is 0.109. The van der Waals surface area contributed by atoms with Gasteiger partial charge in [-0.1, -0.05) is 11.6 Å². The van der Waals surface area contributed by atoms with Crippen molar-refractivity contribution in [2.45, 2.75) is 18.1 Å². The molecule has 3 atom stereocenters. The van der Waals surface area contributed by atoms with Crippen LogP contribution in [-0.4, -0.2) is 68.5 Å². The van der Waals surface area contributed by atoms with Gasteiger partial charge < -0.3 is 26.2 Å². The van der Waals surface area contributed by atoms with Crippen molar-refractivity contribution in [3.05, 3.63) is 45.7 Å². The van der Waals surface area contributed by atoms with Crippen molar-refractivity contribution in [3.63, 3.8) is 0 Å². The number of aliphatic hydroxyl groups is 2. The number of carbonyl (C=O) groups is 3. The van der Waals surface area contributed by atoms with Crippen molar-refractivity contribution < 1.29 is 34.8 Å². The first-order valence-electron chi connectivity index (χ1n) is 9.30. The molecule has 6 N–H and O–H groups in total. The van der Waals surface area contributed by atoms with Crippen molar-refractivity contribution in [1.29, 1.82) is 0 Å². The van der Waals surface area contributed by atoms with Crippen LogP contribution in [0, 0.1) is 5.92 Å². The first kappa shape index (κ1) is 21.1. The minimum atomic E-state index is -2.75. The molecule has 0 fully saturated rings. The second-order valence-electron chi connectivity index (χ2n) is 8.02. The van der Waals surface area contributed by atoms with Crippen LogP contribution in [0.25, 0.3) is 10.8 Å². The van der Waals surface area contributed by atoms with Crippen LogP contribution in [0.4, 0.5) is 0 Å². The van der Waals surface area contributed by atoms with Crippen LogP contribution in [0.15, 0.2) is 29.5 Å². The molecule has 2 aromatic carbocycles. The number of likely N-dealkylation sites (N-methyl/N-ethyl adjacent to an activating group) is 1. The third kappa shape index (κ3) is 2.60. The fraction of sp³-hybridized carbons (Fsp3) is 0.286. The van der Waals surface area contributed by atoms with E-state index in [-0.39, 0.29) is 39.1 Å². The Hall–Kier alpha value is -3.14. The van der Waals surface area contributed by atoms with Crippen molar-refractivity contribution in [1.82, 2.24) is 4.90 Å². The van der Waals surface area contributed by atoms with Crippen LogP contribution in [0.1, 0.15) is 15.9 Å². The van der Waals surface area contributed by atoms with Crippen molar-refractivity contribution in [2.75, 3.05) is 14.1 Å². The van der Waals surface area contributed by atoms with E-state index >= 15 is 0 Å². The molecule has 0 bridgehead atoms. The van der Waals surface area contributed by atoms with Gasteiger partial charge in [0, 0.05) is 16.3 Å². The van der Waals surface area contributed by atoms with Crippen molar-refractivity contribution >= 4 is 39.8 Å². The van der Waals surface area contributed by atoms with Crippen LogP contribution in [-0.2, 0) is 16.0 Å². The van der Waals surface area contributed by atoms with Crippen LogP contribution in [0.5, 0.6) is 11.5 Å². The second-order valence-corrected chi connectivity index (χ2v) is 8.42. The number of rotatable bonds is 2. The van der Waals surface area contributed by atoms with E-state index in [1.54, 1.807) is 14.1 Å². The summed E-state index contributed by atoms with van der Waals surface area (Å²) in [4.78, 5) is 39.9. The third-order valence-corrected chi connectivity index (χ3v) is 6.46. The molecular weight excluding hydrogens is 428 g/mol. The SMILES string of the molecule is CN(C)[C@@H]1C(O)=C(C(N)=O)C(=O)[C@@]2(O)C(=O)c3c(cc4c(Cl)ccc(O)c4c3O)C[C@@H]12. The fourth-order valence-corrected chi connectivity index (χ4v) is 4.97. The van der Waals surface area contributed by atoms with Crippen LogP contribution in [0.2, 0.25) is 5.02 Å². The lowest BCUT2D eigenvalue weighted by Crippen LogP contribution is -2.66. The minimum Gasteiger partial charge on any atom is -0.510 e. The monoisotopic (exact) mass is 446 g/mol. The standard InChI is InChI=1S/C21H19ClN2O7/c1-24(2)15-9-6-7-5-8-10(22)3-4-11(25)13(8)16(26)12(7)18(28)21(9,31)19(29)14(17(15)27)20(23)30/h3-5,9,15,25-27,31H,6H2,1-2H3,(H2,23,30)/t9-,15-,21-/m0/s1. The molecule has 162 valence electrons. The number of halogens is 1. The molecule has 10 heteroatoms. The molecule has 2 aliphatic carbocycles. The number of aliphatic hydroxyl groups excluding tert-OH is 1. The molecule has 0 spiro atoms. The Bertz CT molecular complexity index is 1240. The van der Waals surface area contributed by atoms with Gasteiger partial charge in [0.2, 0.25) is 11.6 Å². The Labute approximate surface area is 180 Å². The lowest BCUT2D eigenvalue weighted by Gasteiger charge is -2.47. The molecule has 0 heterocycles. The maximum atomic E-state index is 13.5. The number of Topliss-reactive ketones (excluding diaryl/α,β-unsaturated/α-hetero) is 2. The molecule has 9 nitrogen and oxygen atoms in total. The summed E-state index contributed by atoms with van der Waals surface area (Å²) in [6, 6.07) is 3.07. The van der Waals surface area contributed by atoms with E-state index in [0.717, 1.165) is 0 Å². The number of primary amides is 1. The van der Waals surface area contributed by atoms with Gasteiger partial charge in [0.1, 0.15) is 22.8 Å². The highest BCUT2D eigenvalue weighted by Crippen LogP contribution is 2.49. The molecule has 31 heavy (non-hydrogen) atoms. The van der Waals surface area contributed by atoms with Crippen molar-refractivity contribution in [3.8, 4) is 11.5 Å². The summed E-state index contributed by atoms with van der Waals surface area (Å²) in [5, 5.41) is 43.4. The highest BCUT2D eigenvalue weighted by atomic mass is 35.5. The first-order chi connectivity index (χ1) is 14.4. The van der Waals surface area contributed by atoms with Gasteiger partial charge in [-0.05, 0) is 44.3 Å². The molecular formula is C21H19ClN2O7. The number of carbonyl (C=O) groups excluding carboxylic acids is 3. The number of benzene rings is 2. The molecule has 2 aliphatic rings. The number of amides is 1. The maximum Gasteiger partial charge on any atom is 0.255 e. The number of phenols is 2. The zero-order valence-electron chi connectivity index (χ0n) is 16.5. The van der Waals surface area contributed by atoms with Gasteiger partial charge in [-0.3, -0.25) is 19.3 Å². The van der Waals surface area contributed by atoms with Crippen LogP contribution in [0.3, 0.4) is 0 Å². The van der Waals surface area contributed by atoms with Crippen LogP contribution < -0.4 is 5.73 Å². The zero-order chi connectivity index (χ0) is 23.0. The van der Waals surface area contributed by atoms with Gasteiger partial charge in [-0.15, -0.1) is 0 Å². The molecule has 0 aromatic heterocycles. The van der Waals surface area contributed by atoms with E-state index in [2.05, 4.69) is 0 Å². The van der Waals surface area contributed by atoms with E-state index in [0.29, 0.717) is 0 Å². The number of nitrogens with zero attached hydrogens (tertiary/aromatic N) is 1. The second kappa shape index (κ2) is 6.68. The lowest BCUT2D eigenvalue weighted by atomic mass is 9.61. The molecule has 0 saturated heterocycles. The van der Waals surface area contributed by atoms with E-state index in [1.807, 2.05) is 0 Å². The summed E-state index contributed by atoms with van der Waals surface area (Å²) in [5.41, 5.74) is 1.55. The number of nitrogens with two attached hydrogens (primary N) is 1.